The van der Waals surface area contributed by atoms with Gasteiger partial charge in [0.1, 0.15) is 6.04 Å². The summed E-state index contributed by atoms with van der Waals surface area (Å²) in [5.41, 5.74) is 0.726. The first-order valence-corrected chi connectivity index (χ1v) is 9.40. The van der Waals surface area contributed by atoms with E-state index >= 15 is 0 Å². The zero-order valence-electron chi connectivity index (χ0n) is 14.8. The number of ether oxygens (including phenoxy) is 1. The van der Waals surface area contributed by atoms with Crippen LogP contribution in [0, 0.1) is 5.41 Å². The Balaban J connectivity index is 2.49. The van der Waals surface area contributed by atoms with Crippen LogP contribution in [-0.4, -0.2) is 27.5 Å². The number of methoxy groups -OCH3 is 1. The van der Waals surface area contributed by atoms with Crippen LogP contribution in [0.1, 0.15) is 20.8 Å². The molecule has 25 heavy (non-hydrogen) atoms. The van der Waals surface area contributed by atoms with Crippen molar-refractivity contribution >= 4 is 16.0 Å². The molecule has 2 rings (SSSR count). The van der Waals surface area contributed by atoms with Crippen molar-refractivity contribution in [1.29, 1.82) is 0 Å². The molecule has 6 heteroatoms. The number of carbonyl (C=O) groups is 1. The monoisotopic (exact) mass is 361 g/mol. The smallest absolute Gasteiger partial charge is 0.324 e. The summed E-state index contributed by atoms with van der Waals surface area (Å²) in [5, 5.41) is 0. The fraction of sp³-hybridized carbons (Fsp3) is 0.316. The molecule has 0 amide bonds. The Morgan fingerprint density at radius 3 is 2.12 bits per heavy atom. The minimum Gasteiger partial charge on any atom is -0.468 e. The summed E-state index contributed by atoms with van der Waals surface area (Å²) >= 11 is 0. The molecule has 0 aliphatic rings. The highest BCUT2D eigenvalue weighted by Gasteiger charge is 2.36. The van der Waals surface area contributed by atoms with E-state index in [9.17, 15) is 13.2 Å². The lowest BCUT2D eigenvalue weighted by Crippen LogP contribution is -2.49. The Kier molecular flexibility index (Phi) is 5.65. The van der Waals surface area contributed by atoms with Gasteiger partial charge in [-0.05, 0) is 17.0 Å². The van der Waals surface area contributed by atoms with E-state index in [0.29, 0.717) is 5.56 Å². The summed E-state index contributed by atoms with van der Waals surface area (Å²) in [6.07, 6.45) is 0. The van der Waals surface area contributed by atoms with Crippen molar-refractivity contribution in [3.05, 3.63) is 54.6 Å². The molecule has 0 fully saturated rings. The van der Waals surface area contributed by atoms with Crippen LogP contribution in [0.15, 0.2) is 59.5 Å². The molecule has 2 aromatic carbocycles. The first kappa shape index (κ1) is 19.1. The van der Waals surface area contributed by atoms with Crippen molar-refractivity contribution in [2.75, 3.05) is 7.11 Å². The minimum absolute atomic E-state index is 0.124. The zero-order valence-corrected chi connectivity index (χ0v) is 15.6. The summed E-state index contributed by atoms with van der Waals surface area (Å²) < 4.78 is 33.2. The molecule has 0 spiro atoms. The van der Waals surface area contributed by atoms with Crippen LogP contribution in [0.5, 0.6) is 0 Å². The SMILES string of the molecule is COC(=O)C(NS(=O)(=O)c1ccccc1-c1ccccc1)C(C)(C)C. The van der Waals surface area contributed by atoms with E-state index in [2.05, 4.69) is 4.72 Å². The second kappa shape index (κ2) is 7.37. The van der Waals surface area contributed by atoms with Crippen LogP contribution >= 0.6 is 0 Å². The summed E-state index contributed by atoms with van der Waals surface area (Å²) in [7, 11) is -2.68. The number of rotatable bonds is 5. The largest absolute Gasteiger partial charge is 0.468 e. The van der Waals surface area contributed by atoms with Gasteiger partial charge in [-0.1, -0.05) is 69.3 Å². The lowest BCUT2D eigenvalue weighted by atomic mass is 9.87. The number of nitrogens with one attached hydrogen (secondary N) is 1. The molecule has 1 unspecified atom stereocenters. The van der Waals surface area contributed by atoms with Gasteiger partial charge in [-0.2, -0.15) is 4.72 Å². The van der Waals surface area contributed by atoms with Gasteiger partial charge in [0.05, 0.1) is 12.0 Å². The summed E-state index contributed by atoms with van der Waals surface area (Å²) in [6, 6.07) is 15.0. The van der Waals surface area contributed by atoms with E-state index in [0.717, 1.165) is 5.56 Å². The second-order valence-corrected chi connectivity index (χ2v) is 8.49. The van der Waals surface area contributed by atoms with Crippen LogP contribution in [-0.2, 0) is 19.6 Å². The first-order valence-electron chi connectivity index (χ1n) is 7.91. The normalized spacial score (nSPS) is 13.3. The fourth-order valence-electron chi connectivity index (χ4n) is 2.47. The predicted octanol–water partition coefficient (Wildman–Crippen LogP) is 3.22. The predicted molar refractivity (Wildman–Crippen MR) is 97.5 cm³/mol. The Labute approximate surface area is 149 Å². The van der Waals surface area contributed by atoms with Crippen molar-refractivity contribution in [2.45, 2.75) is 31.7 Å². The van der Waals surface area contributed by atoms with E-state index in [1.807, 2.05) is 30.3 Å². The highest BCUT2D eigenvalue weighted by molar-refractivity contribution is 7.89. The molecule has 0 aliphatic carbocycles. The summed E-state index contributed by atoms with van der Waals surface area (Å²) in [4.78, 5) is 12.2. The van der Waals surface area contributed by atoms with Crippen LogP contribution < -0.4 is 4.72 Å². The minimum atomic E-state index is -3.93. The van der Waals surface area contributed by atoms with Gasteiger partial charge in [0.2, 0.25) is 10.0 Å². The Bertz CT molecular complexity index is 839. The molecule has 0 bridgehead atoms. The number of hydrogen-bond donors (Lipinski definition) is 1. The number of benzene rings is 2. The zero-order chi connectivity index (χ0) is 18.7. The molecule has 0 aliphatic heterocycles. The third-order valence-corrected chi connectivity index (χ3v) is 5.32. The summed E-state index contributed by atoms with van der Waals surface area (Å²) in [6.45, 7) is 5.33. The molecule has 0 heterocycles. The van der Waals surface area contributed by atoms with E-state index in [1.165, 1.54) is 13.2 Å². The molecule has 0 radical (unpaired) electrons. The maximum atomic E-state index is 13.0. The van der Waals surface area contributed by atoms with Crippen LogP contribution in [0.2, 0.25) is 0 Å². The van der Waals surface area contributed by atoms with Gasteiger partial charge >= 0.3 is 5.97 Å². The lowest BCUT2D eigenvalue weighted by Gasteiger charge is -2.29. The number of carbonyl (C=O) groups excluding carboxylic acids is 1. The highest BCUT2D eigenvalue weighted by atomic mass is 32.2. The number of hydrogen-bond acceptors (Lipinski definition) is 4. The van der Waals surface area contributed by atoms with Crippen LogP contribution in [0.25, 0.3) is 11.1 Å². The van der Waals surface area contributed by atoms with Crippen molar-refractivity contribution in [1.82, 2.24) is 4.72 Å². The Morgan fingerprint density at radius 2 is 1.56 bits per heavy atom. The van der Waals surface area contributed by atoms with Crippen molar-refractivity contribution in [2.24, 2.45) is 5.41 Å². The maximum absolute atomic E-state index is 13.0. The van der Waals surface area contributed by atoms with Gasteiger partial charge in [0, 0.05) is 5.56 Å². The van der Waals surface area contributed by atoms with Gasteiger partial charge < -0.3 is 4.74 Å². The Hall–Kier alpha value is -2.18. The van der Waals surface area contributed by atoms with E-state index in [4.69, 9.17) is 4.74 Å². The third-order valence-electron chi connectivity index (χ3n) is 3.84. The third kappa shape index (κ3) is 4.46. The van der Waals surface area contributed by atoms with Gasteiger partial charge in [-0.25, -0.2) is 8.42 Å². The fourth-order valence-corrected chi connectivity index (χ4v) is 4.09. The van der Waals surface area contributed by atoms with Gasteiger partial charge in [0.25, 0.3) is 0 Å². The van der Waals surface area contributed by atoms with E-state index in [1.54, 1.807) is 39.0 Å². The molecule has 1 N–H and O–H groups in total. The topological polar surface area (TPSA) is 72.5 Å². The van der Waals surface area contributed by atoms with E-state index < -0.39 is 27.4 Å². The molecular weight excluding hydrogens is 338 g/mol. The molecule has 0 saturated carbocycles. The molecular formula is C19H23NO4S. The highest BCUT2D eigenvalue weighted by Crippen LogP contribution is 2.29. The van der Waals surface area contributed by atoms with Crippen molar-refractivity contribution in [3.8, 4) is 11.1 Å². The summed E-state index contributed by atoms with van der Waals surface area (Å²) in [5.74, 6) is -0.617. The van der Waals surface area contributed by atoms with Crippen molar-refractivity contribution in [3.63, 3.8) is 0 Å². The quantitative estimate of drug-likeness (QED) is 0.830. The Morgan fingerprint density at radius 1 is 1.00 bits per heavy atom. The number of sulfonamides is 1. The van der Waals surface area contributed by atoms with Crippen LogP contribution in [0.3, 0.4) is 0 Å². The first-order chi connectivity index (χ1) is 11.7. The molecule has 134 valence electrons. The van der Waals surface area contributed by atoms with E-state index in [-0.39, 0.29) is 4.90 Å². The molecule has 1 atom stereocenters. The van der Waals surface area contributed by atoms with Gasteiger partial charge in [-0.15, -0.1) is 0 Å². The second-order valence-electron chi connectivity index (χ2n) is 6.81. The lowest BCUT2D eigenvalue weighted by molar-refractivity contribution is -0.145. The number of esters is 1. The standard InChI is InChI=1S/C19H23NO4S/c1-19(2,3)17(18(21)24-4)20-25(22,23)16-13-9-8-12-15(16)14-10-6-5-7-11-14/h5-13,17,20H,1-4H3. The maximum Gasteiger partial charge on any atom is 0.324 e. The molecule has 2 aromatic rings. The average Bonchev–Trinajstić information content (AvgIpc) is 2.59. The van der Waals surface area contributed by atoms with Crippen molar-refractivity contribution < 1.29 is 17.9 Å². The average molecular weight is 361 g/mol. The molecule has 0 saturated heterocycles. The molecule has 5 nitrogen and oxygen atoms in total. The van der Waals surface area contributed by atoms with Crippen LogP contribution in [0.4, 0.5) is 0 Å². The van der Waals surface area contributed by atoms with Gasteiger partial charge in [-0.3, -0.25) is 4.79 Å². The van der Waals surface area contributed by atoms with Gasteiger partial charge in [0.15, 0.2) is 0 Å². The molecule has 0 aromatic heterocycles.